The first-order valence-corrected chi connectivity index (χ1v) is 12.0. The lowest BCUT2D eigenvalue weighted by molar-refractivity contribution is -0.136. The highest BCUT2D eigenvalue weighted by Gasteiger charge is 2.39. The lowest BCUT2D eigenvalue weighted by Crippen LogP contribution is -2.31. The molecule has 4 aromatic rings. The molecule has 1 saturated heterocycles. The highest BCUT2D eigenvalue weighted by molar-refractivity contribution is 5.72. The molecule has 2 heterocycles. The van der Waals surface area contributed by atoms with Crippen LogP contribution in [-0.2, 0) is 29.5 Å². The lowest BCUT2D eigenvalue weighted by atomic mass is 10.0. The molecule has 1 N–H and O–H groups in total. The molecule has 37 heavy (non-hydrogen) atoms. The molecular formula is C29H27N3O5. The van der Waals surface area contributed by atoms with Crippen LogP contribution in [0.15, 0.2) is 85.3 Å². The van der Waals surface area contributed by atoms with Gasteiger partial charge in [-0.2, -0.15) is 0 Å². The van der Waals surface area contributed by atoms with Crippen molar-refractivity contribution in [2.75, 3.05) is 0 Å². The molecule has 0 radical (unpaired) electrons. The number of aliphatic carboxylic acids is 1. The summed E-state index contributed by atoms with van der Waals surface area (Å²) in [4.78, 5) is 30.0. The standard InChI is InChI=1S/C29H27N3O5/c1-19-28(21-8-4-3-5-9-21)37-29(35)32(19)17-23-15-22(25-16-30-18-31(25)2)11-12-26(23)36-24-10-6-7-20(13-24)14-27(33)34/h3-13,15-16,18-19,28H,14,17H2,1-2H3,(H,33,34). The number of imidazole rings is 1. The predicted octanol–water partition coefficient (Wildman–Crippen LogP) is 5.59. The number of aromatic nitrogens is 2. The number of carbonyl (C=O) groups excluding carboxylic acids is 1. The first-order valence-electron chi connectivity index (χ1n) is 12.0. The molecule has 3 aromatic carbocycles. The molecule has 0 saturated carbocycles. The Morgan fingerprint density at radius 2 is 1.89 bits per heavy atom. The van der Waals surface area contributed by atoms with Gasteiger partial charge in [0.15, 0.2) is 0 Å². The van der Waals surface area contributed by atoms with Crippen molar-refractivity contribution in [2.45, 2.75) is 32.0 Å². The zero-order valence-electron chi connectivity index (χ0n) is 20.6. The number of benzene rings is 3. The number of hydrogen-bond acceptors (Lipinski definition) is 5. The van der Waals surface area contributed by atoms with Crippen molar-refractivity contribution in [1.29, 1.82) is 0 Å². The molecular weight excluding hydrogens is 470 g/mol. The highest BCUT2D eigenvalue weighted by atomic mass is 16.6. The molecule has 8 heteroatoms. The average Bonchev–Trinajstić information content (AvgIpc) is 3.43. The summed E-state index contributed by atoms with van der Waals surface area (Å²) in [6.45, 7) is 2.25. The van der Waals surface area contributed by atoms with Crippen LogP contribution in [-0.4, -0.2) is 37.7 Å². The third-order valence-corrected chi connectivity index (χ3v) is 6.52. The molecule has 0 bridgehead atoms. The van der Waals surface area contributed by atoms with Gasteiger partial charge in [0.25, 0.3) is 0 Å². The van der Waals surface area contributed by atoms with E-state index in [2.05, 4.69) is 4.98 Å². The van der Waals surface area contributed by atoms with E-state index in [-0.39, 0.29) is 31.2 Å². The number of carboxylic acids is 1. The number of ether oxygens (including phenoxy) is 2. The van der Waals surface area contributed by atoms with E-state index < -0.39 is 5.97 Å². The van der Waals surface area contributed by atoms with Gasteiger partial charge in [-0.1, -0.05) is 42.5 Å². The molecule has 1 aliphatic heterocycles. The van der Waals surface area contributed by atoms with Crippen molar-refractivity contribution in [1.82, 2.24) is 14.5 Å². The van der Waals surface area contributed by atoms with Crippen molar-refractivity contribution in [3.8, 4) is 22.8 Å². The summed E-state index contributed by atoms with van der Waals surface area (Å²) in [5.41, 5.74) is 4.24. The molecule has 1 amide bonds. The number of nitrogens with zero attached hydrogens (tertiary/aromatic N) is 3. The van der Waals surface area contributed by atoms with Gasteiger partial charge in [0.1, 0.15) is 17.6 Å². The van der Waals surface area contributed by atoms with Crippen LogP contribution in [0, 0.1) is 0 Å². The largest absolute Gasteiger partial charge is 0.481 e. The number of carbonyl (C=O) groups is 2. The fourth-order valence-corrected chi connectivity index (χ4v) is 4.60. The minimum atomic E-state index is -0.909. The maximum atomic E-state index is 13.0. The van der Waals surface area contributed by atoms with Gasteiger partial charge in [0.05, 0.1) is 37.2 Å². The molecule has 1 fully saturated rings. The van der Waals surface area contributed by atoms with E-state index in [1.807, 2.05) is 67.1 Å². The van der Waals surface area contributed by atoms with E-state index in [1.54, 1.807) is 41.7 Å². The maximum Gasteiger partial charge on any atom is 0.411 e. The molecule has 1 aliphatic rings. The quantitative estimate of drug-likeness (QED) is 0.341. The second kappa shape index (κ2) is 10.2. The Bertz CT molecular complexity index is 1430. The van der Waals surface area contributed by atoms with E-state index in [1.165, 1.54) is 0 Å². The van der Waals surface area contributed by atoms with E-state index in [4.69, 9.17) is 14.6 Å². The van der Waals surface area contributed by atoms with Crippen LogP contribution in [0.4, 0.5) is 4.79 Å². The number of rotatable bonds is 8. The Hall–Kier alpha value is -4.59. The van der Waals surface area contributed by atoms with Gasteiger partial charge in [-0.3, -0.25) is 9.69 Å². The molecule has 2 atom stereocenters. The summed E-state index contributed by atoms with van der Waals surface area (Å²) >= 11 is 0. The SMILES string of the molecule is CC1C(c2ccccc2)OC(=O)N1Cc1cc(-c2cncn2C)ccc1Oc1cccc(CC(=O)O)c1. The second-order valence-electron chi connectivity index (χ2n) is 9.12. The van der Waals surface area contributed by atoms with Crippen LogP contribution in [0.2, 0.25) is 0 Å². The minimum Gasteiger partial charge on any atom is -0.481 e. The van der Waals surface area contributed by atoms with Crippen LogP contribution >= 0.6 is 0 Å². The third kappa shape index (κ3) is 5.18. The smallest absolute Gasteiger partial charge is 0.411 e. The maximum absolute atomic E-state index is 13.0. The molecule has 0 spiro atoms. The number of cyclic esters (lactones) is 1. The summed E-state index contributed by atoms with van der Waals surface area (Å²) in [6.07, 6.45) is 2.67. The topological polar surface area (TPSA) is 93.9 Å². The zero-order valence-corrected chi connectivity index (χ0v) is 20.6. The van der Waals surface area contributed by atoms with Gasteiger partial charge < -0.3 is 19.1 Å². The first-order chi connectivity index (χ1) is 17.9. The first kappa shape index (κ1) is 24.1. The van der Waals surface area contributed by atoms with E-state index in [9.17, 15) is 9.59 Å². The van der Waals surface area contributed by atoms with E-state index in [0.29, 0.717) is 17.1 Å². The van der Waals surface area contributed by atoms with Crippen molar-refractivity contribution >= 4 is 12.1 Å². The number of amides is 1. The predicted molar refractivity (Wildman–Crippen MR) is 137 cm³/mol. The monoisotopic (exact) mass is 497 g/mol. The van der Waals surface area contributed by atoms with Gasteiger partial charge in [0.2, 0.25) is 0 Å². The molecule has 2 unspecified atom stereocenters. The zero-order chi connectivity index (χ0) is 25.9. The van der Waals surface area contributed by atoms with Crippen LogP contribution < -0.4 is 4.74 Å². The van der Waals surface area contributed by atoms with Crippen LogP contribution in [0.25, 0.3) is 11.3 Å². The Labute approximate surface area is 214 Å². The average molecular weight is 498 g/mol. The summed E-state index contributed by atoms with van der Waals surface area (Å²) < 4.78 is 13.9. The number of aryl methyl sites for hydroxylation is 1. The molecule has 1 aromatic heterocycles. The van der Waals surface area contributed by atoms with Gasteiger partial charge in [-0.25, -0.2) is 9.78 Å². The fourth-order valence-electron chi connectivity index (χ4n) is 4.60. The highest BCUT2D eigenvalue weighted by Crippen LogP contribution is 2.36. The Morgan fingerprint density at radius 3 is 2.62 bits per heavy atom. The van der Waals surface area contributed by atoms with Crippen LogP contribution in [0.5, 0.6) is 11.5 Å². The van der Waals surface area contributed by atoms with Crippen molar-refractivity contribution in [3.63, 3.8) is 0 Å². The van der Waals surface area contributed by atoms with E-state index >= 15 is 0 Å². The second-order valence-corrected chi connectivity index (χ2v) is 9.12. The molecule has 8 nitrogen and oxygen atoms in total. The van der Waals surface area contributed by atoms with Crippen LogP contribution in [0.1, 0.15) is 29.7 Å². The van der Waals surface area contributed by atoms with Gasteiger partial charge in [-0.15, -0.1) is 0 Å². The molecule has 0 aliphatic carbocycles. The minimum absolute atomic E-state index is 0.0957. The van der Waals surface area contributed by atoms with Crippen molar-refractivity contribution in [3.05, 3.63) is 102 Å². The Kier molecular flexibility index (Phi) is 6.64. The van der Waals surface area contributed by atoms with E-state index in [0.717, 1.165) is 22.4 Å². The molecule has 5 rings (SSSR count). The van der Waals surface area contributed by atoms with Gasteiger partial charge in [-0.05, 0) is 48.4 Å². The number of hydrogen-bond donors (Lipinski definition) is 1. The fraction of sp³-hybridized carbons (Fsp3) is 0.207. The lowest BCUT2D eigenvalue weighted by Gasteiger charge is -2.23. The summed E-state index contributed by atoms with van der Waals surface area (Å²) in [5, 5.41) is 9.15. The van der Waals surface area contributed by atoms with Crippen LogP contribution in [0.3, 0.4) is 0 Å². The van der Waals surface area contributed by atoms with Gasteiger partial charge >= 0.3 is 12.1 Å². The third-order valence-electron chi connectivity index (χ3n) is 6.52. The summed E-state index contributed by atoms with van der Waals surface area (Å²) in [6, 6.07) is 22.3. The Morgan fingerprint density at radius 1 is 1.08 bits per heavy atom. The normalized spacial score (nSPS) is 17.0. The van der Waals surface area contributed by atoms with Gasteiger partial charge in [0, 0.05) is 18.2 Å². The molecule has 188 valence electrons. The summed E-state index contributed by atoms with van der Waals surface area (Å²) in [5.74, 6) is 0.182. The summed E-state index contributed by atoms with van der Waals surface area (Å²) in [7, 11) is 1.92. The van der Waals surface area contributed by atoms with Crippen molar-refractivity contribution < 1.29 is 24.2 Å². The Balaban J connectivity index is 1.47. The number of carboxylic acid groups (broad SMARTS) is 1. The van der Waals surface area contributed by atoms with Crippen molar-refractivity contribution in [2.24, 2.45) is 7.05 Å².